The second-order valence-electron chi connectivity index (χ2n) is 5.77. The summed E-state index contributed by atoms with van der Waals surface area (Å²) in [6, 6.07) is 8.56. The fraction of sp³-hybridized carbons (Fsp3) is 0.263. The molecular weight excluding hydrogens is 290 g/mol. The van der Waals surface area contributed by atoms with E-state index in [1.165, 1.54) is 22.3 Å². The molecule has 3 heteroatoms. The number of amides is 1. The predicted molar refractivity (Wildman–Crippen MR) is 94.5 cm³/mol. The number of carbonyl (C=O) groups excluding carboxylic acids is 1. The van der Waals surface area contributed by atoms with Gasteiger partial charge in [-0.05, 0) is 43.1 Å². The van der Waals surface area contributed by atoms with Crippen molar-refractivity contribution in [1.82, 2.24) is 4.90 Å². The molecule has 0 atom stereocenters. The maximum Gasteiger partial charge on any atom is 0.255 e. The molecule has 1 heterocycles. The number of likely N-dealkylation sites (N-methyl/N-ethyl adjacent to an activating group) is 1. The summed E-state index contributed by atoms with van der Waals surface area (Å²) < 4.78 is 0. The van der Waals surface area contributed by atoms with Crippen LogP contribution in [-0.2, 0) is 4.79 Å². The highest BCUT2D eigenvalue weighted by molar-refractivity contribution is 7.80. The highest BCUT2D eigenvalue weighted by Crippen LogP contribution is 2.31. The van der Waals surface area contributed by atoms with Crippen LogP contribution in [-0.4, -0.2) is 22.3 Å². The number of rotatable bonds is 3. The molecule has 1 aromatic carbocycles. The summed E-state index contributed by atoms with van der Waals surface area (Å²) in [5.41, 5.74) is 5.81. The molecule has 0 radical (unpaired) electrons. The Kier molecular flexibility index (Phi) is 4.08. The molecule has 1 fully saturated rings. The first kappa shape index (κ1) is 14.9. The Hall–Kier alpha value is -2.00. The van der Waals surface area contributed by atoms with Crippen LogP contribution < -0.4 is 0 Å². The van der Waals surface area contributed by atoms with E-state index in [1.807, 2.05) is 13.0 Å². The van der Waals surface area contributed by atoms with Crippen molar-refractivity contribution in [3.8, 4) is 0 Å². The van der Waals surface area contributed by atoms with Crippen LogP contribution >= 0.6 is 12.2 Å². The molecule has 0 spiro atoms. The van der Waals surface area contributed by atoms with E-state index < -0.39 is 0 Å². The second kappa shape index (κ2) is 6.01. The standard InChI is InChI=1S/C19H19NOS/c1-3-20-18(22)12-17(19(20)21)11-14-6-9-16(10-14)15-7-4-13(2)5-8-15/h4-9,11H,3,10,12H2,1-2H3/b17-11+. The fourth-order valence-corrected chi connectivity index (χ4v) is 3.26. The molecule has 2 aliphatic rings. The van der Waals surface area contributed by atoms with Gasteiger partial charge in [0.1, 0.15) is 0 Å². The highest BCUT2D eigenvalue weighted by atomic mass is 32.1. The van der Waals surface area contributed by atoms with Gasteiger partial charge in [-0.25, -0.2) is 0 Å². The molecule has 1 amide bonds. The molecule has 0 aromatic heterocycles. The first-order valence-corrected chi connectivity index (χ1v) is 8.01. The third kappa shape index (κ3) is 2.81. The van der Waals surface area contributed by atoms with E-state index in [9.17, 15) is 4.79 Å². The van der Waals surface area contributed by atoms with Gasteiger partial charge in [-0.2, -0.15) is 0 Å². The molecule has 112 valence electrons. The molecule has 1 aliphatic carbocycles. The minimum absolute atomic E-state index is 0.0668. The Balaban J connectivity index is 1.72. The Labute approximate surface area is 136 Å². The lowest BCUT2D eigenvalue weighted by Crippen LogP contribution is -2.27. The summed E-state index contributed by atoms with van der Waals surface area (Å²) in [5.74, 6) is 0.0668. The lowest BCUT2D eigenvalue weighted by atomic mass is 10.0. The SMILES string of the molecule is CCN1C(=O)/C(=C/C2=CC=C(c3ccc(C)cc3)C2)CC1=S. The van der Waals surface area contributed by atoms with E-state index in [0.29, 0.717) is 13.0 Å². The summed E-state index contributed by atoms with van der Waals surface area (Å²) in [5, 5.41) is 0. The molecule has 0 saturated carbocycles. The lowest BCUT2D eigenvalue weighted by molar-refractivity contribution is -0.122. The summed E-state index contributed by atoms with van der Waals surface area (Å²) >= 11 is 5.28. The number of allylic oxidation sites excluding steroid dienone is 5. The molecule has 0 bridgehead atoms. The number of nitrogens with zero attached hydrogens (tertiary/aromatic N) is 1. The Morgan fingerprint density at radius 3 is 2.55 bits per heavy atom. The van der Waals surface area contributed by atoms with Gasteiger partial charge in [-0.15, -0.1) is 0 Å². The van der Waals surface area contributed by atoms with Crippen LogP contribution in [0.1, 0.15) is 30.9 Å². The van der Waals surface area contributed by atoms with Gasteiger partial charge in [0.15, 0.2) is 0 Å². The number of hydrogen-bond acceptors (Lipinski definition) is 2. The molecule has 0 N–H and O–H groups in total. The van der Waals surface area contributed by atoms with Gasteiger partial charge in [-0.1, -0.05) is 54.2 Å². The van der Waals surface area contributed by atoms with Crippen molar-refractivity contribution in [2.75, 3.05) is 6.54 Å². The number of thiocarbonyl (C=S) groups is 1. The quantitative estimate of drug-likeness (QED) is 0.615. The molecule has 1 saturated heterocycles. The van der Waals surface area contributed by atoms with Crippen LogP contribution in [0.4, 0.5) is 0 Å². The van der Waals surface area contributed by atoms with E-state index in [1.54, 1.807) is 4.90 Å². The van der Waals surface area contributed by atoms with Crippen molar-refractivity contribution in [3.05, 3.63) is 64.8 Å². The summed E-state index contributed by atoms with van der Waals surface area (Å²) in [4.78, 5) is 14.7. The molecular formula is C19H19NOS. The second-order valence-corrected chi connectivity index (χ2v) is 6.24. The van der Waals surface area contributed by atoms with Gasteiger partial charge >= 0.3 is 0 Å². The first-order valence-electron chi connectivity index (χ1n) is 7.60. The molecule has 1 aromatic rings. The van der Waals surface area contributed by atoms with Crippen LogP contribution in [0.3, 0.4) is 0 Å². The maximum atomic E-state index is 12.2. The molecule has 1 aliphatic heterocycles. The number of aryl methyl sites for hydroxylation is 1. The third-order valence-electron chi connectivity index (χ3n) is 4.15. The topological polar surface area (TPSA) is 20.3 Å². The normalized spacial score (nSPS) is 19.9. The number of hydrogen-bond donors (Lipinski definition) is 0. The largest absolute Gasteiger partial charge is 0.303 e. The van der Waals surface area contributed by atoms with E-state index in [-0.39, 0.29) is 5.91 Å². The molecule has 2 nitrogen and oxygen atoms in total. The zero-order valence-corrected chi connectivity index (χ0v) is 13.7. The molecule has 22 heavy (non-hydrogen) atoms. The van der Waals surface area contributed by atoms with Gasteiger partial charge in [0.05, 0.1) is 4.99 Å². The summed E-state index contributed by atoms with van der Waals surface area (Å²) in [7, 11) is 0. The van der Waals surface area contributed by atoms with Gasteiger partial charge in [0, 0.05) is 18.5 Å². The molecule has 0 unspecified atom stereocenters. The third-order valence-corrected chi connectivity index (χ3v) is 4.52. The minimum atomic E-state index is 0.0668. The number of carbonyl (C=O) groups is 1. The van der Waals surface area contributed by atoms with Crippen LogP contribution in [0.5, 0.6) is 0 Å². The minimum Gasteiger partial charge on any atom is -0.303 e. The monoisotopic (exact) mass is 309 g/mol. The van der Waals surface area contributed by atoms with E-state index in [0.717, 1.165) is 17.0 Å². The number of likely N-dealkylation sites (tertiary alicyclic amines) is 1. The van der Waals surface area contributed by atoms with Crippen molar-refractivity contribution in [3.63, 3.8) is 0 Å². The van der Waals surface area contributed by atoms with E-state index >= 15 is 0 Å². The Morgan fingerprint density at radius 2 is 1.91 bits per heavy atom. The Bertz CT molecular complexity index is 722. The van der Waals surface area contributed by atoms with Crippen molar-refractivity contribution in [2.45, 2.75) is 26.7 Å². The number of benzene rings is 1. The van der Waals surface area contributed by atoms with Crippen molar-refractivity contribution in [1.29, 1.82) is 0 Å². The first-order chi connectivity index (χ1) is 10.6. The van der Waals surface area contributed by atoms with E-state index in [4.69, 9.17) is 12.2 Å². The van der Waals surface area contributed by atoms with Crippen LogP contribution in [0.2, 0.25) is 0 Å². The predicted octanol–water partition coefficient (Wildman–Crippen LogP) is 4.21. The average molecular weight is 309 g/mol. The van der Waals surface area contributed by atoms with Crippen LogP contribution in [0.25, 0.3) is 5.57 Å². The zero-order valence-electron chi connectivity index (χ0n) is 12.9. The van der Waals surface area contributed by atoms with Crippen molar-refractivity contribution >= 4 is 28.7 Å². The van der Waals surface area contributed by atoms with E-state index in [2.05, 4.69) is 43.3 Å². The summed E-state index contributed by atoms with van der Waals surface area (Å²) in [6.07, 6.45) is 7.74. The molecule has 3 rings (SSSR count). The lowest BCUT2D eigenvalue weighted by Gasteiger charge is -2.11. The van der Waals surface area contributed by atoms with Gasteiger partial charge < -0.3 is 4.90 Å². The fourth-order valence-electron chi connectivity index (χ4n) is 2.89. The van der Waals surface area contributed by atoms with Gasteiger partial charge in [0.2, 0.25) is 0 Å². The summed E-state index contributed by atoms with van der Waals surface area (Å²) in [6.45, 7) is 4.70. The van der Waals surface area contributed by atoms with Gasteiger partial charge in [-0.3, -0.25) is 4.79 Å². The average Bonchev–Trinajstić information content (AvgIpc) is 3.06. The van der Waals surface area contributed by atoms with Crippen LogP contribution in [0, 0.1) is 6.92 Å². The Morgan fingerprint density at radius 1 is 1.18 bits per heavy atom. The highest BCUT2D eigenvalue weighted by Gasteiger charge is 2.29. The smallest absolute Gasteiger partial charge is 0.255 e. The maximum absolute atomic E-state index is 12.2. The zero-order chi connectivity index (χ0) is 15.7. The van der Waals surface area contributed by atoms with Crippen molar-refractivity contribution in [2.24, 2.45) is 0 Å². The van der Waals surface area contributed by atoms with Crippen LogP contribution in [0.15, 0.2) is 53.6 Å². The van der Waals surface area contributed by atoms with Crippen molar-refractivity contribution < 1.29 is 4.79 Å². The van der Waals surface area contributed by atoms with Gasteiger partial charge in [0.25, 0.3) is 5.91 Å².